The second-order valence-corrected chi connectivity index (χ2v) is 6.90. The number of rotatable bonds is 6. The Morgan fingerprint density at radius 2 is 1.82 bits per heavy atom. The van der Waals surface area contributed by atoms with Crippen LogP contribution in [0, 0.1) is 5.92 Å². The van der Waals surface area contributed by atoms with E-state index >= 15 is 0 Å². The van der Waals surface area contributed by atoms with Gasteiger partial charge in [-0.2, -0.15) is 0 Å². The Kier molecular flexibility index (Phi) is 5.94. The van der Waals surface area contributed by atoms with Crippen LogP contribution in [-0.2, 0) is 0 Å². The van der Waals surface area contributed by atoms with E-state index in [4.69, 9.17) is 0 Å². The van der Waals surface area contributed by atoms with Crippen molar-refractivity contribution in [2.75, 3.05) is 20.1 Å². The minimum absolute atomic E-state index is 0.254. The predicted octanol–water partition coefficient (Wildman–Crippen LogP) is 3.28. The van der Waals surface area contributed by atoms with Gasteiger partial charge in [0.25, 0.3) is 0 Å². The van der Waals surface area contributed by atoms with Crippen LogP contribution in [-0.4, -0.2) is 36.6 Å². The lowest BCUT2D eigenvalue weighted by Crippen LogP contribution is -2.40. The maximum absolute atomic E-state index is 3.57. The summed E-state index contributed by atoms with van der Waals surface area (Å²) in [5.41, 5.74) is 0.254. The molecule has 1 fully saturated rings. The van der Waals surface area contributed by atoms with E-state index in [0.29, 0.717) is 6.04 Å². The van der Waals surface area contributed by atoms with Gasteiger partial charge in [-0.25, -0.2) is 0 Å². The monoisotopic (exact) mass is 240 g/mol. The van der Waals surface area contributed by atoms with Crippen LogP contribution >= 0.6 is 0 Å². The SMILES string of the molecule is CC(CCNC(C)(C)C)N(C)CC1CCCC1. The van der Waals surface area contributed by atoms with Crippen LogP contribution in [0.1, 0.15) is 59.8 Å². The van der Waals surface area contributed by atoms with Gasteiger partial charge in [0, 0.05) is 18.1 Å². The van der Waals surface area contributed by atoms with E-state index in [1.54, 1.807) is 0 Å². The van der Waals surface area contributed by atoms with Crippen molar-refractivity contribution in [3.8, 4) is 0 Å². The van der Waals surface area contributed by atoms with E-state index in [1.165, 1.54) is 38.6 Å². The summed E-state index contributed by atoms with van der Waals surface area (Å²) in [5.74, 6) is 0.970. The van der Waals surface area contributed by atoms with Gasteiger partial charge in [0.05, 0.1) is 0 Å². The van der Waals surface area contributed by atoms with Crippen molar-refractivity contribution in [3.63, 3.8) is 0 Å². The van der Waals surface area contributed by atoms with E-state index in [2.05, 4.69) is 45.0 Å². The molecule has 102 valence electrons. The average Bonchev–Trinajstić information content (AvgIpc) is 2.68. The van der Waals surface area contributed by atoms with Crippen molar-refractivity contribution in [3.05, 3.63) is 0 Å². The van der Waals surface area contributed by atoms with Crippen molar-refractivity contribution < 1.29 is 0 Å². The van der Waals surface area contributed by atoms with E-state index < -0.39 is 0 Å². The van der Waals surface area contributed by atoms with Gasteiger partial charge in [-0.3, -0.25) is 0 Å². The highest BCUT2D eigenvalue weighted by Crippen LogP contribution is 2.25. The number of hydrogen-bond acceptors (Lipinski definition) is 2. The maximum atomic E-state index is 3.57. The Hall–Kier alpha value is -0.0800. The fraction of sp³-hybridized carbons (Fsp3) is 1.00. The second kappa shape index (κ2) is 6.75. The van der Waals surface area contributed by atoms with Gasteiger partial charge in [-0.05, 0) is 66.5 Å². The third-order valence-electron chi connectivity index (χ3n) is 3.99. The molecule has 0 radical (unpaired) electrons. The molecule has 0 aromatic carbocycles. The smallest absolute Gasteiger partial charge is 0.00965 e. The lowest BCUT2D eigenvalue weighted by Gasteiger charge is -2.29. The Labute approximate surface area is 108 Å². The highest BCUT2D eigenvalue weighted by molar-refractivity contribution is 4.75. The van der Waals surface area contributed by atoms with Crippen LogP contribution in [0.4, 0.5) is 0 Å². The van der Waals surface area contributed by atoms with Gasteiger partial charge >= 0.3 is 0 Å². The number of nitrogens with one attached hydrogen (secondary N) is 1. The Bertz CT molecular complexity index is 201. The van der Waals surface area contributed by atoms with Crippen LogP contribution in [0.3, 0.4) is 0 Å². The van der Waals surface area contributed by atoms with Gasteiger partial charge in [-0.1, -0.05) is 12.8 Å². The minimum atomic E-state index is 0.254. The summed E-state index contributed by atoms with van der Waals surface area (Å²) in [6.45, 7) is 11.5. The summed E-state index contributed by atoms with van der Waals surface area (Å²) < 4.78 is 0. The van der Waals surface area contributed by atoms with E-state index in [-0.39, 0.29) is 5.54 Å². The molecule has 1 N–H and O–H groups in total. The lowest BCUT2D eigenvalue weighted by atomic mass is 10.1. The molecule has 0 saturated heterocycles. The lowest BCUT2D eigenvalue weighted by molar-refractivity contribution is 0.206. The van der Waals surface area contributed by atoms with Crippen molar-refractivity contribution in [1.29, 1.82) is 0 Å². The third kappa shape index (κ3) is 6.42. The van der Waals surface area contributed by atoms with Crippen molar-refractivity contribution in [1.82, 2.24) is 10.2 Å². The molecule has 1 saturated carbocycles. The van der Waals surface area contributed by atoms with Gasteiger partial charge in [0.1, 0.15) is 0 Å². The molecule has 0 aromatic heterocycles. The van der Waals surface area contributed by atoms with Gasteiger partial charge in [0.15, 0.2) is 0 Å². The first-order valence-electron chi connectivity index (χ1n) is 7.34. The number of nitrogens with zero attached hydrogens (tertiary/aromatic N) is 1. The fourth-order valence-electron chi connectivity index (χ4n) is 2.66. The number of hydrogen-bond donors (Lipinski definition) is 1. The minimum Gasteiger partial charge on any atom is -0.312 e. The quantitative estimate of drug-likeness (QED) is 0.766. The largest absolute Gasteiger partial charge is 0.312 e. The molecule has 1 rings (SSSR count). The van der Waals surface area contributed by atoms with Gasteiger partial charge < -0.3 is 10.2 Å². The van der Waals surface area contributed by atoms with Crippen LogP contribution in [0.15, 0.2) is 0 Å². The zero-order valence-electron chi connectivity index (χ0n) is 12.6. The zero-order chi connectivity index (χ0) is 12.9. The summed E-state index contributed by atoms with van der Waals surface area (Å²) >= 11 is 0. The van der Waals surface area contributed by atoms with Crippen molar-refractivity contribution in [2.24, 2.45) is 5.92 Å². The maximum Gasteiger partial charge on any atom is 0.00965 e. The van der Waals surface area contributed by atoms with Gasteiger partial charge in [-0.15, -0.1) is 0 Å². The van der Waals surface area contributed by atoms with E-state index in [1.807, 2.05) is 0 Å². The molecular formula is C15H32N2. The molecule has 1 unspecified atom stereocenters. The van der Waals surface area contributed by atoms with Gasteiger partial charge in [0.2, 0.25) is 0 Å². The van der Waals surface area contributed by atoms with Crippen molar-refractivity contribution in [2.45, 2.75) is 71.4 Å². The van der Waals surface area contributed by atoms with Crippen LogP contribution in [0.25, 0.3) is 0 Å². The predicted molar refractivity (Wildman–Crippen MR) is 76.4 cm³/mol. The third-order valence-corrected chi connectivity index (χ3v) is 3.99. The Morgan fingerprint density at radius 3 is 2.35 bits per heavy atom. The molecule has 17 heavy (non-hydrogen) atoms. The molecule has 2 nitrogen and oxygen atoms in total. The molecule has 1 atom stereocenters. The van der Waals surface area contributed by atoms with E-state index in [9.17, 15) is 0 Å². The highest BCUT2D eigenvalue weighted by Gasteiger charge is 2.19. The molecular weight excluding hydrogens is 208 g/mol. The normalized spacial score (nSPS) is 20.1. The highest BCUT2D eigenvalue weighted by atomic mass is 15.1. The molecule has 0 heterocycles. The first-order chi connectivity index (χ1) is 7.88. The zero-order valence-corrected chi connectivity index (χ0v) is 12.6. The molecule has 0 spiro atoms. The van der Waals surface area contributed by atoms with Crippen LogP contribution < -0.4 is 5.32 Å². The molecule has 0 bridgehead atoms. The van der Waals surface area contributed by atoms with E-state index in [0.717, 1.165) is 12.5 Å². The second-order valence-electron chi connectivity index (χ2n) is 6.90. The molecule has 0 aliphatic heterocycles. The summed E-state index contributed by atoms with van der Waals surface area (Å²) in [5, 5.41) is 3.57. The molecule has 0 aromatic rings. The summed E-state index contributed by atoms with van der Waals surface area (Å²) in [6, 6.07) is 0.699. The van der Waals surface area contributed by atoms with Crippen LogP contribution in [0.5, 0.6) is 0 Å². The standard InChI is InChI=1S/C15H32N2/c1-13(10-11-16-15(2,3)4)17(5)12-14-8-6-7-9-14/h13-14,16H,6-12H2,1-5H3. The first-order valence-corrected chi connectivity index (χ1v) is 7.34. The Balaban J connectivity index is 2.15. The first kappa shape index (κ1) is 15.0. The average molecular weight is 240 g/mol. The van der Waals surface area contributed by atoms with Crippen molar-refractivity contribution >= 4 is 0 Å². The summed E-state index contributed by atoms with van der Waals surface area (Å²) in [4.78, 5) is 2.56. The summed E-state index contributed by atoms with van der Waals surface area (Å²) in [7, 11) is 2.29. The molecule has 2 heteroatoms. The molecule has 1 aliphatic rings. The van der Waals surface area contributed by atoms with Crippen LogP contribution in [0.2, 0.25) is 0 Å². The topological polar surface area (TPSA) is 15.3 Å². The molecule has 1 aliphatic carbocycles. The summed E-state index contributed by atoms with van der Waals surface area (Å²) in [6.07, 6.45) is 7.08. The molecule has 0 amide bonds. The fourth-order valence-corrected chi connectivity index (χ4v) is 2.66. The Morgan fingerprint density at radius 1 is 1.24 bits per heavy atom.